The number of hydrogen-bond acceptors (Lipinski definition) is 5. The van der Waals surface area contributed by atoms with E-state index in [2.05, 4.69) is 9.79 Å². The van der Waals surface area contributed by atoms with Gasteiger partial charge < -0.3 is 9.94 Å². The molecule has 0 aromatic carbocycles. The number of rotatable bonds is 2. The third-order valence-electron chi connectivity index (χ3n) is 0.970. The van der Waals surface area contributed by atoms with Crippen LogP contribution in [0.1, 0.15) is 12.6 Å². The average molecular weight is 155 g/mol. The molecular formula is C5H5N3O3. The Morgan fingerprint density at radius 3 is 3.18 bits per heavy atom. The highest BCUT2D eigenvalue weighted by Crippen LogP contribution is 2.07. The predicted molar refractivity (Wildman–Crippen MR) is 31.3 cm³/mol. The van der Waals surface area contributed by atoms with Gasteiger partial charge in [-0.2, -0.15) is 5.26 Å². The Balaban J connectivity index is 2.98. The number of nitriles is 1. The average Bonchev–Trinajstić information content (AvgIpc) is 2.33. The molecule has 0 bridgehead atoms. The van der Waals surface area contributed by atoms with Crippen molar-refractivity contribution >= 4 is 0 Å². The third kappa shape index (κ3) is 1.21. The molecular weight excluding hydrogens is 150 g/mol. The number of hydrogen-bond donors (Lipinski definition) is 0. The van der Waals surface area contributed by atoms with E-state index in [0.717, 1.165) is 0 Å². The molecule has 0 amide bonds. The summed E-state index contributed by atoms with van der Waals surface area (Å²) in [5.74, 6) is -0.0648. The lowest BCUT2D eigenvalue weighted by atomic mass is 10.5. The van der Waals surface area contributed by atoms with Gasteiger partial charge in [-0.25, -0.2) is 0 Å². The van der Waals surface area contributed by atoms with Gasteiger partial charge in [-0.15, -0.1) is 0 Å². The second kappa shape index (κ2) is 2.88. The molecule has 0 unspecified atom stereocenters. The predicted octanol–water partition coefficient (Wildman–Crippen LogP) is -0.422. The summed E-state index contributed by atoms with van der Waals surface area (Å²) >= 11 is 0. The van der Waals surface area contributed by atoms with E-state index in [1.807, 2.05) is 0 Å². The highest BCUT2D eigenvalue weighted by atomic mass is 16.8. The van der Waals surface area contributed by atoms with Gasteiger partial charge in [-0.1, -0.05) is 0 Å². The summed E-state index contributed by atoms with van der Waals surface area (Å²) < 4.78 is 8.90. The normalized spacial score (nSPS) is 9.09. The molecule has 0 aliphatic rings. The standard InChI is InChI=1S/C5H5N3O3/c1-2-10-5-4(3-6)8(9)11-7-5/h2H2,1H3. The van der Waals surface area contributed by atoms with Gasteiger partial charge in [0.15, 0.2) is 6.07 Å². The quantitative estimate of drug-likeness (QED) is 0.541. The Labute approximate surface area is 62.1 Å². The maximum absolute atomic E-state index is 10.5. The first-order valence-corrected chi connectivity index (χ1v) is 2.92. The van der Waals surface area contributed by atoms with Gasteiger partial charge >= 0.3 is 11.6 Å². The van der Waals surface area contributed by atoms with E-state index in [-0.39, 0.29) is 16.5 Å². The van der Waals surface area contributed by atoms with Crippen LogP contribution >= 0.6 is 0 Å². The van der Waals surface area contributed by atoms with Crippen LogP contribution in [0.3, 0.4) is 0 Å². The van der Waals surface area contributed by atoms with Crippen LogP contribution in [0, 0.1) is 16.5 Å². The van der Waals surface area contributed by atoms with Crippen LogP contribution in [0.25, 0.3) is 0 Å². The molecule has 0 atom stereocenters. The molecule has 6 heteroatoms. The highest BCUT2D eigenvalue weighted by molar-refractivity contribution is 5.24. The Morgan fingerprint density at radius 2 is 2.64 bits per heavy atom. The molecule has 1 heterocycles. The fourth-order valence-corrected chi connectivity index (χ4v) is 0.556. The van der Waals surface area contributed by atoms with Crippen molar-refractivity contribution in [3.05, 3.63) is 10.9 Å². The molecule has 0 saturated carbocycles. The van der Waals surface area contributed by atoms with Crippen LogP contribution in [-0.2, 0) is 0 Å². The number of nitrogens with zero attached hydrogens (tertiary/aromatic N) is 3. The second-order valence-electron chi connectivity index (χ2n) is 1.63. The van der Waals surface area contributed by atoms with Crippen molar-refractivity contribution in [2.24, 2.45) is 0 Å². The first-order valence-electron chi connectivity index (χ1n) is 2.92. The zero-order chi connectivity index (χ0) is 8.27. The van der Waals surface area contributed by atoms with Gasteiger partial charge in [0.1, 0.15) is 0 Å². The molecule has 11 heavy (non-hydrogen) atoms. The van der Waals surface area contributed by atoms with E-state index >= 15 is 0 Å². The van der Waals surface area contributed by atoms with Crippen LogP contribution in [0.2, 0.25) is 0 Å². The molecule has 0 aliphatic carbocycles. The second-order valence-corrected chi connectivity index (χ2v) is 1.63. The number of ether oxygens (including phenoxy) is 1. The van der Waals surface area contributed by atoms with Crippen molar-refractivity contribution < 1.29 is 14.3 Å². The molecule has 0 spiro atoms. The fourth-order valence-electron chi connectivity index (χ4n) is 0.556. The lowest BCUT2D eigenvalue weighted by Crippen LogP contribution is -2.26. The topological polar surface area (TPSA) is 86.0 Å². The minimum absolute atomic E-state index is 0.00495. The first kappa shape index (κ1) is 7.34. The summed E-state index contributed by atoms with van der Waals surface area (Å²) in [4.78, 5) is 0.00495. The molecule has 0 fully saturated rings. The smallest absolute Gasteiger partial charge is 0.413 e. The SMILES string of the molecule is CCOc1no[n+]([O-])c1C#N. The minimum atomic E-state index is -0.258. The molecule has 0 N–H and O–H groups in total. The Kier molecular flexibility index (Phi) is 1.92. The molecule has 1 rings (SSSR count). The highest BCUT2D eigenvalue weighted by Gasteiger charge is 2.19. The summed E-state index contributed by atoms with van der Waals surface area (Å²) in [5, 5.41) is 22.1. The van der Waals surface area contributed by atoms with Gasteiger partial charge in [0.05, 0.1) is 11.8 Å². The van der Waals surface area contributed by atoms with Crippen molar-refractivity contribution in [2.75, 3.05) is 6.61 Å². The lowest BCUT2D eigenvalue weighted by molar-refractivity contribution is -0.804. The van der Waals surface area contributed by atoms with Crippen molar-refractivity contribution in [1.82, 2.24) is 5.16 Å². The van der Waals surface area contributed by atoms with Crippen molar-refractivity contribution in [3.8, 4) is 11.9 Å². The van der Waals surface area contributed by atoms with E-state index in [4.69, 9.17) is 10.00 Å². The first-order chi connectivity index (χ1) is 5.29. The van der Waals surface area contributed by atoms with E-state index < -0.39 is 0 Å². The monoisotopic (exact) mass is 155 g/mol. The van der Waals surface area contributed by atoms with Gasteiger partial charge in [0.25, 0.3) is 0 Å². The Hall–Kier alpha value is -1.77. The van der Waals surface area contributed by atoms with Gasteiger partial charge in [0.2, 0.25) is 0 Å². The summed E-state index contributed by atoms with van der Waals surface area (Å²) in [6, 6.07) is 1.60. The van der Waals surface area contributed by atoms with Crippen LogP contribution in [0.15, 0.2) is 4.63 Å². The maximum Gasteiger partial charge on any atom is 0.413 e. The zero-order valence-electron chi connectivity index (χ0n) is 5.77. The number of aromatic nitrogens is 2. The van der Waals surface area contributed by atoms with Gasteiger partial charge in [0, 0.05) is 0 Å². The van der Waals surface area contributed by atoms with Gasteiger partial charge in [-0.05, 0) is 11.8 Å². The van der Waals surface area contributed by atoms with E-state index in [0.29, 0.717) is 6.61 Å². The molecule has 6 nitrogen and oxygen atoms in total. The van der Waals surface area contributed by atoms with Crippen molar-refractivity contribution in [1.29, 1.82) is 5.26 Å². The summed E-state index contributed by atoms with van der Waals surface area (Å²) in [6.07, 6.45) is 0. The lowest BCUT2D eigenvalue weighted by Gasteiger charge is -1.88. The van der Waals surface area contributed by atoms with Gasteiger partial charge in [-0.3, -0.25) is 4.63 Å². The molecule has 1 aromatic rings. The third-order valence-corrected chi connectivity index (χ3v) is 0.970. The molecule has 0 aliphatic heterocycles. The largest absolute Gasteiger partial charge is 0.455 e. The Morgan fingerprint density at radius 1 is 1.91 bits per heavy atom. The molecule has 1 aromatic heterocycles. The van der Waals surface area contributed by atoms with E-state index in [9.17, 15) is 5.21 Å². The summed E-state index contributed by atoms with van der Waals surface area (Å²) in [5.41, 5.74) is -0.258. The molecule has 58 valence electrons. The van der Waals surface area contributed by atoms with Crippen molar-refractivity contribution in [3.63, 3.8) is 0 Å². The fraction of sp³-hybridized carbons (Fsp3) is 0.400. The Bertz CT molecular complexity index is 288. The van der Waals surface area contributed by atoms with E-state index in [1.54, 1.807) is 13.0 Å². The van der Waals surface area contributed by atoms with E-state index in [1.165, 1.54) is 0 Å². The maximum atomic E-state index is 10.5. The van der Waals surface area contributed by atoms with Crippen LogP contribution in [0.4, 0.5) is 0 Å². The minimum Gasteiger partial charge on any atom is -0.455 e. The summed E-state index contributed by atoms with van der Waals surface area (Å²) in [6.45, 7) is 2.05. The van der Waals surface area contributed by atoms with Crippen LogP contribution < -0.4 is 9.64 Å². The van der Waals surface area contributed by atoms with Crippen LogP contribution in [0.5, 0.6) is 5.88 Å². The molecule has 0 saturated heterocycles. The van der Waals surface area contributed by atoms with Crippen LogP contribution in [-0.4, -0.2) is 11.8 Å². The molecule has 0 radical (unpaired) electrons. The zero-order valence-corrected chi connectivity index (χ0v) is 5.77. The van der Waals surface area contributed by atoms with Crippen molar-refractivity contribution in [2.45, 2.75) is 6.92 Å². The summed E-state index contributed by atoms with van der Waals surface area (Å²) in [7, 11) is 0.